The first-order chi connectivity index (χ1) is 10.5. The van der Waals surface area contributed by atoms with E-state index >= 15 is 0 Å². The molecule has 2 aromatic rings. The van der Waals surface area contributed by atoms with Gasteiger partial charge in [-0.3, -0.25) is 4.79 Å². The highest BCUT2D eigenvalue weighted by molar-refractivity contribution is 5.77. The molecule has 0 bridgehead atoms. The van der Waals surface area contributed by atoms with Gasteiger partial charge in [0.1, 0.15) is 5.75 Å². The van der Waals surface area contributed by atoms with Gasteiger partial charge in [0.15, 0.2) is 6.61 Å². The van der Waals surface area contributed by atoms with Gasteiger partial charge < -0.3 is 10.1 Å². The Kier molecular flexibility index (Phi) is 5.21. The largest absolute Gasteiger partial charge is 0.483 e. The van der Waals surface area contributed by atoms with E-state index in [2.05, 4.69) is 11.4 Å². The molecule has 0 saturated heterocycles. The lowest BCUT2D eigenvalue weighted by atomic mass is 10.1. The van der Waals surface area contributed by atoms with E-state index < -0.39 is 0 Å². The third-order valence-corrected chi connectivity index (χ3v) is 3.83. The first kappa shape index (κ1) is 16.1. The van der Waals surface area contributed by atoms with Crippen molar-refractivity contribution in [1.29, 1.82) is 0 Å². The monoisotopic (exact) mass is 297 g/mol. The fraction of sp³-hybridized carbons (Fsp3) is 0.316. The van der Waals surface area contributed by atoms with Crippen LogP contribution in [0.3, 0.4) is 0 Å². The Bertz CT molecular complexity index is 660. The Labute approximate surface area is 132 Å². The first-order valence-corrected chi connectivity index (χ1v) is 7.49. The molecule has 0 heterocycles. The number of benzene rings is 2. The van der Waals surface area contributed by atoms with Crippen LogP contribution in [0.5, 0.6) is 5.75 Å². The van der Waals surface area contributed by atoms with Gasteiger partial charge in [-0.05, 0) is 49.9 Å². The molecule has 116 valence electrons. The van der Waals surface area contributed by atoms with Crippen LogP contribution in [0.4, 0.5) is 0 Å². The maximum Gasteiger partial charge on any atom is 0.258 e. The van der Waals surface area contributed by atoms with Crippen LogP contribution in [0, 0.1) is 27.7 Å². The van der Waals surface area contributed by atoms with E-state index in [0.29, 0.717) is 6.54 Å². The molecule has 2 aromatic carbocycles. The fourth-order valence-electron chi connectivity index (χ4n) is 2.24. The zero-order chi connectivity index (χ0) is 16.1. The summed E-state index contributed by atoms with van der Waals surface area (Å²) in [5.41, 5.74) is 5.60. The van der Waals surface area contributed by atoms with E-state index in [0.717, 1.165) is 22.4 Å². The highest BCUT2D eigenvalue weighted by Gasteiger charge is 2.09. The van der Waals surface area contributed by atoms with Crippen molar-refractivity contribution in [2.75, 3.05) is 6.61 Å². The van der Waals surface area contributed by atoms with Gasteiger partial charge in [-0.1, -0.05) is 42.0 Å². The Morgan fingerprint density at radius 2 is 1.59 bits per heavy atom. The standard InChI is InChI=1S/C19H23NO2/c1-13-5-9-17(10-6-13)11-20-18(21)12-22-19-15(3)8-7-14(2)16(19)4/h5-10H,11-12H2,1-4H3,(H,20,21). The van der Waals surface area contributed by atoms with Gasteiger partial charge in [-0.15, -0.1) is 0 Å². The Morgan fingerprint density at radius 3 is 2.27 bits per heavy atom. The van der Waals surface area contributed by atoms with Gasteiger partial charge in [0.25, 0.3) is 5.91 Å². The zero-order valence-electron chi connectivity index (χ0n) is 13.7. The molecule has 1 N–H and O–H groups in total. The van der Waals surface area contributed by atoms with Crippen LogP contribution in [0.1, 0.15) is 27.8 Å². The molecular weight excluding hydrogens is 274 g/mol. The van der Waals surface area contributed by atoms with Gasteiger partial charge in [-0.2, -0.15) is 0 Å². The highest BCUT2D eigenvalue weighted by atomic mass is 16.5. The maximum absolute atomic E-state index is 11.9. The third-order valence-electron chi connectivity index (χ3n) is 3.83. The van der Waals surface area contributed by atoms with Crippen molar-refractivity contribution in [3.05, 3.63) is 64.2 Å². The molecule has 0 fully saturated rings. The minimum atomic E-state index is -0.110. The van der Waals surface area contributed by atoms with Crippen LogP contribution < -0.4 is 10.1 Å². The number of hydrogen-bond acceptors (Lipinski definition) is 2. The molecule has 0 aliphatic rings. The van der Waals surface area contributed by atoms with E-state index in [-0.39, 0.29) is 12.5 Å². The van der Waals surface area contributed by atoms with Crippen LogP contribution in [-0.4, -0.2) is 12.5 Å². The molecule has 3 nitrogen and oxygen atoms in total. The number of nitrogens with one attached hydrogen (secondary N) is 1. The van der Waals surface area contributed by atoms with Crippen molar-refractivity contribution in [2.45, 2.75) is 34.2 Å². The van der Waals surface area contributed by atoms with Crippen LogP contribution in [0.15, 0.2) is 36.4 Å². The summed E-state index contributed by atoms with van der Waals surface area (Å²) in [5, 5.41) is 2.88. The summed E-state index contributed by atoms with van der Waals surface area (Å²) in [4.78, 5) is 11.9. The molecule has 0 atom stereocenters. The summed E-state index contributed by atoms with van der Waals surface area (Å²) in [6.07, 6.45) is 0. The van der Waals surface area contributed by atoms with E-state index in [1.54, 1.807) is 0 Å². The Balaban J connectivity index is 1.88. The molecular formula is C19H23NO2. The summed E-state index contributed by atoms with van der Waals surface area (Å²) in [6.45, 7) is 8.65. The zero-order valence-corrected chi connectivity index (χ0v) is 13.7. The second-order valence-corrected chi connectivity index (χ2v) is 5.70. The molecule has 0 aliphatic carbocycles. The topological polar surface area (TPSA) is 38.3 Å². The number of hydrogen-bond donors (Lipinski definition) is 1. The third kappa shape index (κ3) is 4.10. The summed E-state index contributed by atoms with van der Waals surface area (Å²) >= 11 is 0. The molecule has 2 rings (SSSR count). The van der Waals surface area contributed by atoms with Crippen LogP contribution in [-0.2, 0) is 11.3 Å². The van der Waals surface area contributed by atoms with Crippen molar-refractivity contribution in [3.8, 4) is 5.75 Å². The first-order valence-electron chi connectivity index (χ1n) is 7.49. The molecule has 0 spiro atoms. The number of carbonyl (C=O) groups excluding carboxylic acids is 1. The van der Waals surface area contributed by atoms with Crippen LogP contribution in [0.2, 0.25) is 0 Å². The number of aryl methyl sites for hydroxylation is 3. The van der Waals surface area contributed by atoms with Gasteiger partial charge in [0.2, 0.25) is 0 Å². The number of ether oxygens (including phenoxy) is 1. The van der Waals surface area contributed by atoms with E-state index in [9.17, 15) is 4.79 Å². The number of carbonyl (C=O) groups is 1. The van der Waals surface area contributed by atoms with Crippen molar-refractivity contribution < 1.29 is 9.53 Å². The molecule has 0 saturated carbocycles. The maximum atomic E-state index is 11.9. The van der Waals surface area contributed by atoms with Crippen molar-refractivity contribution in [3.63, 3.8) is 0 Å². The van der Waals surface area contributed by atoms with E-state index in [4.69, 9.17) is 4.74 Å². The lowest BCUT2D eigenvalue weighted by Crippen LogP contribution is -2.28. The number of amides is 1. The molecule has 22 heavy (non-hydrogen) atoms. The summed E-state index contributed by atoms with van der Waals surface area (Å²) in [5.74, 6) is 0.700. The van der Waals surface area contributed by atoms with Gasteiger partial charge in [0.05, 0.1) is 0 Å². The molecule has 0 unspecified atom stereocenters. The van der Waals surface area contributed by atoms with Crippen molar-refractivity contribution in [1.82, 2.24) is 5.32 Å². The van der Waals surface area contributed by atoms with Crippen molar-refractivity contribution in [2.24, 2.45) is 0 Å². The Morgan fingerprint density at radius 1 is 0.955 bits per heavy atom. The smallest absolute Gasteiger partial charge is 0.258 e. The predicted molar refractivity (Wildman–Crippen MR) is 89.2 cm³/mol. The second kappa shape index (κ2) is 7.12. The van der Waals surface area contributed by atoms with E-state index in [1.807, 2.05) is 58.0 Å². The number of rotatable bonds is 5. The summed E-state index contributed by atoms with van der Waals surface area (Å²) < 4.78 is 5.71. The quantitative estimate of drug-likeness (QED) is 0.915. The average Bonchev–Trinajstić information content (AvgIpc) is 2.50. The van der Waals surface area contributed by atoms with Gasteiger partial charge in [-0.25, -0.2) is 0 Å². The lowest BCUT2D eigenvalue weighted by Gasteiger charge is -2.14. The average molecular weight is 297 g/mol. The molecule has 1 amide bonds. The highest BCUT2D eigenvalue weighted by Crippen LogP contribution is 2.25. The normalized spacial score (nSPS) is 10.4. The minimum Gasteiger partial charge on any atom is -0.483 e. The van der Waals surface area contributed by atoms with Crippen LogP contribution in [0.25, 0.3) is 0 Å². The van der Waals surface area contributed by atoms with E-state index in [1.165, 1.54) is 11.1 Å². The molecule has 0 aliphatic heterocycles. The second-order valence-electron chi connectivity index (χ2n) is 5.70. The van der Waals surface area contributed by atoms with Crippen LogP contribution >= 0.6 is 0 Å². The molecule has 3 heteroatoms. The summed E-state index contributed by atoms with van der Waals surface area (Å²) in [6, 6.07) is 12.2. The molecule has 0 radical (unpaired) electrons. The fourth-order valence-corrected chi connectivity index (χ4v) is 2.24. The predicted octanol–water partition coefficient (Wildman–Crippen LogP) is 3.62. The minimum absolute atomic E-state index is 0.0387. The van der Waals surface area contributed by atoms with Gasteiger partial charge in [0, 0.05) is 6.54 Å². The lowest BCUT2D eigenvalue weighted by molar-refractivity contribution is -0.123. The van der Waals surface area contributed by atoms with Crippen molar-refractivity contribution >= 4 is 5.91 Å². The summed E-state index contributed by atoms with van der Waals surface area (Å²) in [7, 11) is 0. The Hall–Kier alpha value is -2.29. The molecule has 0 aromatic heterocycles. The SMILES string of the molecule is Cc1ccc(CNC(=O)COc2c(C)ccc(C)c2C)cc1. The van der Waals surface area contributed by atoms with Gasteiger partial charge >= 0.3 is 0 Å².